The van der Waals surface area contributed by atoms with Crippen molar-refractivity contribution in [2.75, 3.05) is 0 Å². The number of aromatic hydroxyl groups is 1. The van der Waals surface area contributed by atoms with Crippen LogP contribution in [0.25, 0.3) is 12.2 Å². The molecule has 0 fully saturated rings. The molecule has 2 aromatic rings. The molecule has 0 spiro atoms. The molecule has 1 aromatic carbocycles. The van der Waals surface area contributed by atoms with Gasteiger partial charge >= 0.3 is 0 Å². The summed E-state index contributed by atoms with van der Waals surface area (Å²) in [6, 6.07) is 7.41. The Morgan fingerprint density at radius 3 is 2.95 bits per heavy atom. The van der Waals surface area contributed by atoms with Gasteiger partial charge in [-0.2, -0.15) is 0 Å². The van der Waals surface area contributed by atoms with Gasteiger partial charge in [0.2, 0.25) is 5.88 Å². The van der Waals surface area contributed by atoms with E-state index in [0.717, 1.165) is 5.22 Å². The van der Waals surface area contributed by atoms with Crippen LogP contribution in [-0.4, -0.2) is 15.6 Å². The first-order chi connectivity index (χ1) is 10.6. The van der Waals surface area contributed by atoms with E-state index in [0.29, 0.717) is 26.3 Å². The third-order valence-corrected chi connectivity index (χ3v) is 4.59. The minimum Gasteiger partial charge on any atom is -0.493 e. The van der Waals surface area contributed by atoms with Gasteiger partial charge in [0.15, 0.2) is 3.95 Å². The van der Waals surface area contributed by atoms with E-state index in [1.165, 1.54) is 11.3 Å². The van der Waals surface area contributed by atoms with E-state index in [9.17, 15) is 9.90 Å². The lowest BCUT2D eigenvalue weighted by Crippen LogP contribution is -2.29. The van der Waals surface area contributed by atoms with E-state index in [1.807, 2.05) is 18.2 Å². The van der Waals surface area contributed by atoms with Crippen molar-refractivity contribution in [1.82, 2.24) is 4.57 Å². The van der Waals surface area contributed by atoms with Gasteiger partial charge in [0.25, 0.3) is 5.91 Å². The molecule has 0 atom stereocenters. The van der Waals surface area contributed by atoms with Crippen LogP contribution in [0.3, 0.4) is 0 Å². The van der Waals surface area contributed by atoms with Crippen LogP contribution in [0.5, 0.6) is 5.88 Å². The highest BCUT2D eigenvalue weighted by atomic mass is 32.1. The number of rotatable bonds is 3. The van der Waals surface area contributed by atoms with Crippen molar-refractivity contribution in [3.8, 4) is 5.88 Å². The summed E-state index contributed by atoms with van der Waals surface area (Å²) in [6.45, 7) is 4.06. The number of hydrogen-bond donors (Lipinski definition) is 1. The van der Waals surface area contributed by atoms with Crippen molar-refractivity contribution in [2.45, 2.75) is 6.54 Å². The van der Waals surface area contributed by atoms with E-state index in [1.54, 1.807) is 28.9 Å². The van der Waals surface area contributed by atoms with E-state index in [2.05, 4.69) is 11.6 Å². The summed E-state index contributed by atoms with van der Waals surface area (Å²) < 4.78 is 2.10. The lowest BCUT2D eigenvalue weighted by Gasteiger charge is -2.03. The SMILES string of the molecule is C=CCn1c(O)c(/C=C2/C=c3ccccc3=NC2=O)sc1=S. The first kappa shape index (κ1) is 14.6. The number of benzene rings is 1. The molecular weight excluding hydrogens is 316 g/mol. The highest BCUT2D eigenvalue weighted by Gasteiger charge is 2.14. The van der Waals surface area contributed by atoms with Crippen LogP contribution < -0.4 is 10.6 Å². The number of thiazole rings is 1. The average molecular weight is 328 g/mol. The third kappa shape index (κ3) is 2.58. The molecule has 4 nitrogen and oxygen atoms in total. The first-order valence-electron chi connectivity index (χ1n) is 6.55. The van der Waals surface area contributed by atoms with Crippen LogP contribution >= 0.6 is 23.6 Å². The fourth-order valence-corrected chi connectivity index (χ4v) is 3.43. The summed E-state index contributed by atoms with van der Waals surface area (Å²) in [5.41, 5.74) is 0.427. The Morgan fingerprint density at radius 2 is 2.18 bits per heavy atom. The van der Waals surface area contributed by atoms with Gasteiger partial charge in [0.05, 0.1) is 10.2 Å². The van der Waals surface area contributed by atoms with Crippen LogP contribution in [0.15, 0.2) is 47.5 Å². The minimum absolute atomic E-state index is 0.0439. The quantitative estimate of drug-likeness (QED) is 0.534. The number of amides is 1. The van der Waals surface area contributed by atoms with Gasteiger partial charge in [0.1, 0.15) is 0 Å². The molecule has 0 unspecified atom stereocenters. The Kier molecular flexibility index (Phi) is 3.87. The second-order valence-electron chi connectivity index (χ2n) is 4.67. The fourth-order valence-electron chi connectivity index (χ4n) is 2.16. The number of hydrogen-bond acceptors (Lipinski definition) is 4. The average Bonchev–Trinajstić information content (AvgIpc) is 2.76. The second kappa shape index (κ2) is 5.82. The van der Waals surface area contributed by atoms with Crippen molar-refractivity contribution in [3.63, 3.8) is 0 Å². The van der Waals surface area contributed by atoms with Crippen molar-refractivity contribution in [3.05, 3.63) is 61.9 Å². The zero-order chi connectivity index (χ0) is 15.7. The molecule has 3 rings (SSSR count). The Balaban J connectivity index is 2.13. The molecule has 0 radical (unpaired) electrons. The number of para-hydroxylation sites is 1. The van der Waals surface area contributed by atoms with Gasteiger partial charge in [-0.1, -0.05) is 24.3 Å². The Bertz CT molecular complexity index is 980. The number of aromatic nitrogens is 1. The maximum atomic E-state index is 12.1. The zero-order valence-electron chi connectivity index (χ0n) is 11.5. The molecule has 0 saturated heterocycles. The second-order valence-corrected chi connectivity index (χ2v) is 6.35. The largest absolute Gasteiger partial charge is 0.493 e. The summed E-state index contributed by atoms with van der Waals surface area (Å²) in [5, 5.41) is 11.7. The summed E-state index contributed by atoms with van der Waals surface area (Å²) in [5.74, 6) is -0.282. The monoisotopic (exact) mass is 328 g/mol. The molecule has 0 aliphatic carbocycles. The zero-order valence-corrected chi connectivity index (χ0v) is 13.2. The summed E-state index contributed by atoms with van der Waals surface area (Å²) in [4.78, 5) is 16.7. The highest BCUT2D eigenvalue weighted by molar-refractivity contribution is 7.73. The molecule has 0 saturated carbocycles. The maximum Gasteiger partial charge on any atom is 0.277 e. The number of fused-ring (bicyclic) bond motifs is 1. The summed E-state index contributed by atoms with van der Waals surface area (Å²) in [7, 11) is 0. The van der Waals surface area contributed by atoms with Gasteiger partial charge in [-0.25, -0.2) is 4.99 Å². The molecule has 1 amide bonds. The number of carbonyl (C=O) groups is 1. The molecule has 1 aliphatic rings. The molecule has 2 heterocycles. The van der Waals surface area contributed by atoms with Gasteiger partial charge in [-0.15, -0.1) is 17.9 Å². The third-order valence-electron chi connectivity index (χ3n) is 3.21. The van der Waals surface area contributed by atoms with Crippen LogP contribution in [0.2, 0.25) is 0 Å². The normalized spacial score (nSPS) is 15.1. The van der Waals surface area contributed by atoms with Gasteiger partial charge in [-0.3, -0.25) is 9.36 Å². The molecule has 22 heavy (non-hydrogen) atoms. The number of carbonyl (C=O) groups excluding carboxylic acids is 1. The predicted molar refractivity (Wildman–Crippen MR) is 89.7 cm³/mol. The minimum atomic E-state index is -0.326. The molecule has 6 heteroatoms. The van der Waals surface area contributed by atoms with Crippen LogP contribution in [0.4, 0.5) is 0 Å². The van der Waals surface area contributed by atoms with Crippen LogP contribution in [-0.2, 0) is 11.3 Å². The Labute approximate surface area is 135 Å². The van der Waals surface area contributed by atoms with Crippen molar-refractivity contribution in [2.24, 2.45) is 4.99 Å². The maximum absolute atomic E-state index is 12.1. The van der Waals surface area contributed by atoms with Gasteiger partial charge in [-0.05, 0) is 30.4 Å². The lowest BCUT2D eigenvalue weighted by atomic mass is 10.1. The molecule has 110 valence electrons. The molecule has 1 N–H and O–H groups in total. The van der Waals surface area contributed by atoms with Crippen molar-refractivity contribution >= 4 is 41.6 Å². The Hall–Kier alpha value is -2.31. The first-order valence-corrected chi connectivity index (χ1v) is 7.77. The lowest BCUT2D eigenvalue weighted by molar-refractivity contribution is -0.114. The van der Waals surface area contributed by atoms with E-state index in [4.69, 9.17) is 12.2 Å². The van der Waals surface area contributed by atoms with Crippen molar-refractivity contribution < 1.29 is 9.90 Å². The van der Waals surface area contributed by atoms with Gasteiger partial charge in [0, 0.05) is 17.3 Å². The molecule has 0 bridgehead atoms. The van der Waals surface area contributed by atoms with Gasteiger partial charge < -0.3 is 5.11 Å². The van der Waals surface area contributed by atoms with Crippen molar-refractivity contribution in [1.29, 1.82) is 0 Å². The van der Waals surface area contributed by atoms with E-state index in [-0.39, 0.29) is 11.8 Å². The highest BCUT2D eigenvalue weighted by Crippen LogP contribution is 2.29. The Morgan fingerprint density at radius 1 is 1.41 bits per heavy atom. The summed E-state index contributed by atoms with van der Waals surface area (Å²) >= 11 is 6.46. The molecule has 1 aliphatic heterocycles. The predicted octanol–water partition coefficient (Wildman–Crippen LogP) is 2.19. The fraction of sp³-hybridized carbons (Fsp3) is 0.0625. The van der Waals surface area contributed by atoms with E-state index < -0.39 is 0 Å². The number of nitrogens with zero attached hydrogens (tertiary/aromatic N) is 2. The summed E-state index contributed by atoms with van der Waals surface area (Å²) in [6.07, 6.45) is 5.05. The molecule has 1 aromatic heterocycles. The number of allylic oxidation sites excluding steroid dienone is 1. The van der Waals surface area contributed by atoms with Crippen LogP contribution in [0.1, 0.15) is 4.88 Å². The smallest absolute Gasteiger partial charge is 0.277 e. The van der Waals surface area contributed by atoms with E-state index >= 15 is 0 Å². The molecular formula is C16H12N2O2S2. The van der Waals surface area contributed by atoms with Crippen LogP contribution in [0, 0.1) is 3.95 Å². The topological polar surface area (TPSA) is 54.6 Å². The standard InChI is InChI=1S/C16H12N2O2S2/c1-2-7-18-15(20)13(22-16(18)21)9-11-8-10-5-3-4-6-12(10)17-14(11)19/h2-6,8-9,20H,1,7H2/b11-9-.